The van der Waals surface area contributed by atoms with Gasteiger partial charge in [-0.1, -0.05) is 0 Å². The van der Waals surface area contributed by atoms with E-state index in [4.69, 9.17) is 10.2 Å². The van der Waals surface area contributed by atoms with Crippen molar-refractivity contribution < 1.29 is 10.2 Å². The van der Waals surface area contributed by atoms with E-state index in [9.17, 15) is 0 Å². The lowest BCUT2D eigenvalue weighted by Crippen LogP contribution is -2.20. The fraction of sp³-hybridized carbons (Fsp3) is 0.583. The molecule has 0 aliphatic carbocycles. The van der Waals surface area contributed by atoms with E-state index in [0.29, 0.717) is 11.6 Å². The monoisotopic (exact) mass is 222 g/mol. The van der Waals surface area contributed by atoms with E-state index in [-0.39, 0.29) is 13.2 Å². The van der Waals surface area contributed by atoms with E-state index in [1.807, 2.05) is 12.1 Å². The molecule has 0 bridgehead atoms. The van der Waals surface area contributed by atoms with Crippen molar-refractivity contribution in [2.24, 2.45) is 5.92 Å². The molecule has 0 saturated carbocycles. The SMILES string of the molecule is OCCC1CCN(c2ccnc(CO)c2)C1. The molecule has 0 radical (unpaired) electrons. The Kier molecular flexibility index (Phi) is 3.74. The van der Waals surface area contributed by atoms with E-state index in [1.165, 1.54) is 0 Å². The van der Waals surface area contributed by atoms with Gasteiger partial charge in [-0.2, -0.15) is 0 Å². The zero-order valence-corrected chi connectivity index (χ0v) is 9.34. The van der Waals surface area contributed by atoms with Gasteiger partial charge in [-0.15, -0.1) is 0 Å². The summed E-state index contributed by atoms with van der Waals surface area (Å²) < 4.78 is 0. The zero-order valence-electron chi connectivity index (χ0n) is 9.34. The van der Waals surface area contributed by atoms with Gasteiger partial charge in [-0.25, -0.2) is 0 Å². The minimum Gasteiger partial charge on any atom is -0.396 e. The van der Waals surface area contributed by atoms with Gasteiger partial charge >= 0.3 is 0 Å². The molecule has 1 atom stereocenters. The second-order valence-corrected chi connectivity index (χ2v) is 4.28. The minimum atomic E-state index is -0.0122. The molecule has 1 aromatic rings. The number of aliphatic hydroxyl groups excluding tert-OH is 2. The normalized spacial score (nSPS) is 20.4. The van der Waals surface area contributed by atoms with Crippen molar-refractivity contribution in [1.29, 1.82) is 0 Å². The van der Waals surface area contributed by atoms with Crippen LogP contribution in [0.1, 0.15) is 18.5 Å². The standard InChI is InChI=1S/C12H18N2O2/c15-6-3-10-2-5-14(8-10)12-1-4-13-11(7-12)9-16/h1,4,7,10,15-16H,2-3,5-6,8-9H2. The van der Waals surface area contributed by atoms with Gasteiger partial charge in [0, 0.05) is 31.6 Å². The summed E-state index contributed by atoms with van der Waals surface area (Å²) in [6, 6.07) is 3.90. The first-order valence-electron chi connectivity index (χ1n) is 5.75. The Hall–Kier alpha value is -1.13. The molecule has 2 rings (SSSR count). The number of pyridine rings is 1. The van der Waals surface area contributed by atoms with Crippen LogP contribution in [-0.2, 0) is 6.61 Å². The van der Waals surface area contributed by atoms with Crippen molar-refractivity contribution in [2.75, 3.05) is 24.6 Å². The van der Waals surface area contributed by atoms with Gasteiger partial charge in [0.1, 0.15) is 0 Å². The van der Waals surface area contributed by atoms with Crippen molar-refractivity contribution in [3.05, 3.63) is 24.0 Å². The van der Waals surface area contributed by atoms with Crippen LogP contribution in [0.3, 0.4) is 0 Å². The smallest absolute Gasteiger partial charge is 0.0853 e. The predicted molar refractivity (Wildman–Crippen MR) is 62.2 cm³/mol. The lowest BCUT2D eigenvalue weighted by molar-refractivity contribution is 0.263. The Morgan fingerprint density at radius 3 is 3.06 bits per heavy atom. The number of aliphatic hydroxyl groups is 2. The van der Waals surface area contributed by atoms with Gasteiger partial charge in [-0.3, -0.25) is 4.98 Å². The maximum atomic E-state index is 9.03. The lowest BCUT2D eigenvalue weighted by Gasteiger charge is -2.18. The number of nitrogens with zero attached hydrogens (tertiary/aromatic N) is 2. The van der Waals surface area contributed by atoms with Crippen LogP contribution in [0.2, 0.25) is 0 Å². The van der Waals surface area contributed by atoms with E-state index in [0.717, 1.165) is 31.6 Å². The minimum absolute atomic E-state index is 0.0122. The molecular weight excluding hydrogens is 204 g/mol. The summed E-state index contributed by atoms with van der Waals surface area (Å²) in [5.74, 6) is 0.593. The first kappa shape index (κ1) is 11.4. The van der Waals surface area contributed by atoms with Crippen LogP contribution < -0.4 is 4.90 Å². The van der Waals surface area contributed by atoms with Crippen molar-refractivity contribution in [3.8, 4) is 0 Å². The molecule has 0 spiro atoms. The fourth-order valence-corrected chi connectivity index (χ4v) is 2.23. The van der Waals surface area contributed by atoms with Crippen LogP contribution in [0.15, 0.2) is 18.3 Å². The molecule has 1 unspecified atom stereocenters. The third-order valence-corrected chi connectivity index (χ3v) is 3.15. The van der Waals surface area contributed by atoms with Crippen molar-refractivity contribution in [3.63, 3.8) is 0 Å². The maximum Gasteiger partial charge on any atom is 0.0853 e. The van der Waals surface area contributed by atoms with Gasteiger partial charge in [-0.05, 0) is 30.9 Å². The molecule has 16 heavy (non-hydrogen) atoms. The first-order chi connectivity index (χ1) is 7.83. The molecule has 1 aromatic heterocycles. The number of hydrogen-bond acceptors (Lipinski definition) is 4. The van der Waals surface area contributed by atoms with Gasteiger partial charge in [0.25, 0.3) is 0 Å². The number of aromatic nitrogens is 1. The fourth-order valence-electron chi connectivity index (χ4n) is 2.23. The largest absolute Gasteiger partial charge is 0.396 e. The molecule has 2 N–H and O–H groups in total. The zero-order chi connectivity index (χ0) is 11.4. The molecule has 88 valence electrons. The maximum absolute atomic E-state index is 9.03. The Bertz CT molecular complexity index is 344. The number of rotatable bonds is 4. The summed E-state index contributed by atoms with van der Waals surface area (Å²) in [6.45, 7) is 2.29. The average Bonchev–Trinajstić information content (AvgIpc) is 2.78. The second kappa shape index (κ2) is 5.27. The molecule has 0 aromatic carbocycles. The van der Waals surface area contributed by atoms with Crippen LogP contribution in [-0.4, -0.2) is 34.9 Å². The quantitative estimate of drug-likeness (QED) is 0.790. The van der Waals surface area contributed by atoms with Crippen LogP contribution in [0.25, 0.3) is 0 Å². The van der Waals surface area contributed by atoms with E-state index < -0.39 is 0 Å². The van der Waals surface area contributed by atoms with Crippen molar-refractivity contribution >= 4 is 5.69 Å². The van der Waals surface area contributed by atoms with Crippen molar-refractivity contribution in [1.82, 2.24) is 4.98 Å². The summed E-state index contributed by atoms with van der Waals surface area (Å²) in [6.07, 6.45) is 3.76. The van der Waals surface area contributed by atoms with Crippen LogP contribution in [0, 0.1) is 5.92 Å². The number of anilines is 1. The van der Waals surface area contributed by atoms with E-state index in [1.54, 1.807) is 6.20 Å². The first-order valence-corrected chi connectivity index (χ1v) is 5.75. The van der Waals surface area contributed by atoms with Crippen LogP contribution in [0.4, 0.5) is 5.69 Å². The Morgan fingerprint density at radius 2 is 2.31 bits per heavy atom. The molecule has 1 aliphatic rings. The number of hydrogen-bond donors (Lipinski definition) is 2. The third kappa shape index (κ3) is 2.51. The highest BCUT2D eigenvalue weighted by atomic mass is 16.3. The topological polar surface area (TPSA) is 56.6 Å². The highest BCUT2D eigenvalue weighted by Gasteiger charge is 2.22. The Balaban J connectivity index is 2.02. The van der Waals surface area contributed by atoms with E-state index >= 15 is 0 Å². The van der Waals surface area contributed by atoms with Crippen LogP contribution in [0.5, 0.6) is 0 Å². The molecule has 1 aliphatic heterocycles. The summed E-state index contributed by atoms with van der Waals surface area (Å²) >= 11 is 0. The highest BCUT2D eigenvalue weighted by molar-refractivity contribution is 5.47. The van der Waals surface area contributed by atoms with Gasteiger partial charge in [0.2, 0.25) is 0 Å². The van der Waals surface area contributed by atoms with Crippen molar-refractivity contribution in [2.45, 2.75) is 19.4 Å². The molecule has 4 nitrogen and oxygen atoms in total. The summed E-state index contributed by atoms with van der Waals surface area (Å²) in [5.41, 5.74) is 1.84. The second-order valence-electron chi connectivity index (χ2n) is 4.28. The van der Waals surface area contributed by atoms with E-state index in [2.05, 4.69) is 9.88 Å². The summed E-state index contributed by atoms with van der Waals surface area (Å²) in [5, 5.41) is 17.9. The van der Waals surface area contributed by atoms with Gasteiger partial charge in [0.15, 0.2) is 0 Å². The van der Waals surface area contributed by atoms with Crippen LogP contribution >= 0.6 is 0 Å². The molecular formula is C12H18N2O2. The molecule has 2 heterocycles. The molecule has 0 amide bonds. The van der Waals surface area contributed by atoms with Gasteiger partial charge < -0.3 is 15.1 Å². The highest BCUT2D eigenvalue weighted by Crippen LogP contribution is 2.25. The average molecular weight is 222 g/mol. The summed E-state index contributed by atoms with van der Waals surface area (Å²) in [7, 11) is 0. The molecule has 1 saturated heterocycles. The van der Waals surface area contributed by atoms with Gasteiger partial charge in [0.05, 0.1) is 12.3 Å². The third-order valence-electron chi connectivity index (χ3n) is 3.15. The molecule has 4 heteroatoms. The summed E-state index contributed by atoms with van der Waals surface area (Å²) in [4.78, 5) is 6.36. The Morgan fingerprint density at radius 1 is 1.44 bits per heavy atom. The molecule has 1 fully saturated rings. The predicted octanol–water partition coefficient (Wildman–Crippen LogP) is 0.783. The Labute approximate surface area is 95.5 Å². The lowest BCUT2D eigenvalue weighted by atomic mass is 10.1.